The zero-order valence-corrected chi connectivity index (χ0v) is 19.5. The van der Waals surface area contributed by atoms with Crippen LogP contribution < -0.4 is 9.47 Å². The summed E-state index contributed by atoms with van der Waals surface area (Å²) < 4.78 is 108. The van der Waals surface area contributed by atoms with Crippen molar-refractivity contribution in [3.63, 3.8) is 0 Å². The maximum Gasteiger partial charge on any atom is 0.432 e. The fourth-order valence-electron chi connectivity index (χ4n) is 3.62. The first-order valence-corrected chi connectivity index (χ1v) is 11.5. The van der Waals surface area contributed by atoms with E-state index in [1.54, 1.807) is 24.3 Å². The number of alkyl halides is 3. The van der Waals surface area contributed by atoms with Crippen molar-refractivity contribution in [2.45, 2.75) is 45.1 Å². The molecule has 0 aliphatic heterocycles. The number of halogens is 7. The fourth-order valence-corrected chi connectivity index (χ4v) is 3.62. The number of hydrogen-bond donors (Lipinski definition) is 0. The highest BCUT2D eigenvalue weighted by molar-refractivity contribution is 5.64. The first kappa shape index (κ1) is 27.4. The molecule has 36 heavy (non-hydrogen) atoms. The third-order valence-corrected chi connectivity index (χ3v) is 5.43. The summed E-state index contributed by atoms with van der Waals surface area (Å²) in [5.41, 5.74) is -0.193. The molecule has 0 bridgehead atoms. The van der Waals surface area contributed by atoms with Crippen LogP contribution in [0.5, 0.6) is 11.5 Å². The van der Waals surface area contributed by atoms with Crippen molar-refractivity contribution in [1.29, 1.82) is 0 Å². The third-order valence-electron chi connectivity index (χ3n) is 5.43. The lowest BCUT2D eigenvalue weighted by atomic mass is 9.99. The first-order valence-electron chi connectivity index (χ1n) is 11.5. The summed E-state index contributed by atoms with van der Waals surface area (Å²) in [5, 5.41) is 0. The van der Waals surface area contributed by atoms with Crippen molar-refractivity contribution < 1.29 is 40.2 Å². The second-order valence-electron chi connectivity index (χ2n) is 8.19. The van der Waals surface area contributed by atoms with Crippen molar-refractivity contribution in [1.82, 2.24) is 0 Å². The highest BCUT2D eigenvalue weighted by Gasteiger charge is 2.41. The molecule has 3 aromatic rings. The molecule has 0 amide bonds. The quantitative estimate of drug-likeness (QED) is 0.178. The fraction of sp³-hybridized carbons (Fsp3) is 0.333. The summed E-state index contributed by atoms with van der Waals surface area (Å²) in [6.45, 7) is 0.965. The Labute approximate surface area is 204 Å². The Hall–Kier alpha value is -3.23. The van der Waals surface area contributed by atoms with Gasteiger partial charge < -0.3 is 9.47 Å². The summed E-state index contributed by atoms with van der Waals surface area (Å²) in [6, 6.07) is 9.15. The van der Waals surface area contributed by atoms with Crippen LogP contribution in [-0.4, -0.2) is 13.3 Å². The van der Waals surface area contributed by atoms with E-state index in [9.17, 15) is 30.7 Å². The summed E-state index contributed by atoms with van der Waals surface area (Å²) in [5.74, 6) is -7.89. The number of hydrogen-bond acceptors (Lipinski definition) is 2. The minimum Gasteiger partial charge on any atom is -0.488 e. The number of unbranched alkanes of at least 4 members (excludes halogenated alkanes) is 2. The topological polar surface area (TPSA) is 18.5 Å². The van der Waals surface area contributed by atoms with Gasteiger partial charge in [0.15, 0.2) is 17.4 Å². The normalized spacial score (nSPS) is 11.6. The lowest BCUT2D eigenvalue weighted by Gasteiger charge is -2.20. The molecule has 3 aromatic carbocycles. The minimum atomic E-state index is -4.59. The van der Waals surface area contributed by atoms with Gasteiger partial charge in [0.1, 0.15) is 22.9 Å². The second-order valence-corrected chi connectivity index (χ2v) is 8.19. The van der Waals surface area contributed by atoms with Gasteiger partial charge in [-0.05, 0) is 41.7 Å². The Bertz CT molecular complexity index is 1120. The molecule has 194 valence electrons. The van der Waals surface area contributed by atoms with E-state index in [0.29, 0.717) is 17.7 Å². The van der Waals surface area contributed by atoms with Gasteiger partial charge >= 0.3 is 6.11 Å². The third kappa shape index (κ3) is 6.71. The molecule has 2 nitrogen and oxygen atoms in total. The summed E-state index contributed by atoms with van der Waals surface area (Å²) in [4.78, 5) is 0. The molecule has 0 saturated carbocycles. The molecule has 0 aliphatic rings. The predicted octanol–water partition coefficient (Wildman–Crippen LogP) is 8.51. The van der Waals surface area contributed by atoms with Crippen molar-refractivity contribution in [2.24, 2.45) is 0 Å². The Morgan fingerprint density at radius 3 is 1.92 bits per heavy atom. The average Bonchev–Trinajstić information content (AvgIpc) is 2.80. The molecule has 0 aliphatic carbocycles. The van der Waals surface area contributed by atoms with Crippen molar-refractivity contribution >= 4 is 0 Å². The number of benzene rings is 3. The largest absolute Gasteiger partial charge is 0.488 e. The summed E-state index contributed by atoms with van der Waals surface area (Å²) >= 11 is 0. The smallest absolute Gasteiger partial charge is 0.432 e. The van der Waals surface area contributed by atoms with Gasteiger partial charge in [0.2, 0.25) is 0 Å². The van der Waals surface area contributed by atoms with Gasteiger partial charge in [-0.2, -0.15) is 8.78 Å². The van der Waals surface area contributed by atoms with Crippen molar-refractivity contribution in [3.8, 4) is 22.6 Å². The molecular weight excluding hydrogens is 489 g/mol. The molecule has 0 radical (unpaired) electrons. The van der Waals surface area contributed by atoms with E-state index >= 15 is 0 Å². The number of rotatable bonds is 12. The summed E-state index contributed by atoms with van der Waals surface area (Å²) in [6.07, 6.45) is -0.717. The van der Waals surface area contributed by atoms with Gasteiger partial charge in [-0.3, -0.25) is 4.39 Å². The Morgan fingerprint density at radius 1 is 0.750 bits per heavy atom. The molecule has 3 rings (SSSR count). The molecule has 0 unspecified atom stereocenters. The van der Waals surface area contributed by atoms with E-state index in [2.05, 4.69) is 11.7 Å². The lowest BCUT2D eigenvalue weighted by molar-refractivity contribution is -0.189. The average molecular weight is 514 g/mol. The minimum absolute atomic E-state index is 0.0385. The molecule has 0 atom stereocenters. The maximum absolute atomic E-state index is 14.7. The van der Waals surface area contributed by atoms with E-state index in [0.717, 1.165) is 43.4 Å². The van der Waals surface area contributed by atoms with Crippen molar-refractivity contribution in [3.05, 3.63) is 82.9 Å². The molecule has 0 N–H and O–H groups in total. The van der Waals surface area contributed by atoms with E-state index < -0.39 is 53.1 Å². The van der Waals surface area contributed by atoms with Gasteiger partial charge in [0.25, 0.3) is 0 Å². The van der Waals surface area contributed by atoms with Gasteiger partial charge in [0, 0.05) is 18.6 Å². The highest BCUT2D eigenvalue weighted by Crippen LogP contribution is 2.38. The van der Waals surface area contributed by atoms with Gasteiger partial charge in [-0.15, -0.1) is 0 Å². The van der Waals surface area contributed by atoms with E-state index in [4.69, 9.17) is 4.74 Å². The number of ether oxygens (including phenoxy) is 2. The predicted molar refractivity (Wildman–Crippen MR) is 122 cm³/mol. The summed E-state index contributed by atoms with van der Waals surface area (Å²) in [7, 11) is 0. The van der Waals surface area contributed by atoms with E-state index in [-0.39, 0.29) is 18.6 Å². The van der Waals surface area contributed by atoms with Crippen LogP contribution in [0.4, 0.5) is 30.7 Å². The van der Waals surface area contributed by atoms with Gasteiger partial charge in [-0.1, -0.05) is 44.0 Å². The van der Waals surface area contributed by atoms with Gasteiger partial charge in [0.05, 0.1) is 13.3 Å². The molecule has 0 aromatic heterocycles. The van der Waals surface area contributed by atoms with Crippen LogP contribution >= 0.6 is 0 Å². The molecule has 0 fully saturated rings. The highest BCUT2D eigenvalue weighted by atomic mass is 19.3. The van der Waals surface area contributed by atoms with E-state index in [1.165, 1.54) is 0 Å². The van der Waals surface area contributed by atoms with Crippen molar-refractivity contribution in [2.75, 3.05) is 13.3 Å². The molecular formula is C27H25F7O2. The maximum atomic E-state index is 14.7. The van der Waals surface area contributed by atoms with Crippen LogP contribution in [0.2, 0.25) is 0 Å². The van der Waals surface area contributed by atoms with Crippen LogP contribution in [-0.2, 0) is 12.5 Å². The number of aryl methyl sites for hydroxylation is 1. The molecule has 0 spiro atoms. The van der Waals surface area contributed by atoms with E-state index in [1.807, 2.05) is 0 Å². The van der Waals surface area contributed by atoms with Crippen LogP contribution in [0.25, 0.3) is 11.1 Å². The standard InChI is InChI=1S/C27H25F7O2/c1-2-3-4-6-17-7-9-18(10-8-17)19-13-21(29)25(22(30)14-19)27(33,34)36-20-15-23(31)26(24(32)16-20)35-12-5-11-28/h7-10,13-16H,2-6,11-12H2,1H3. The van der Waals surface area contributed by atoms with Crippen LogP contribution in [0.3, 0.4) is 0 Å². The first-order chi connectivity index (χ1) is 17.2. The monoisotopic (exact) mass is 514 g/mol. The lowest BCUT2D eigenvalue weighted by Crippen LogP contribution is -2.25. The molecule has 0 heterocycles. The SMILES string of the molecule is CCCCCc1ccc(-c2cc(F)c(C(F)(F)Oc3cc(F)c(OCCCF)c(F)c3)c(F)c2)cc1. The van der Waals surface area contributed by atoms with Crippen LogP contribution in [0.15, 0.2) is 48.5 Å². The van der Waals surface area contributed by atoms with Gasteiger partial charge in [-0.25, -0.2) is 17.6 Å². The van der Waals surface area contributed by atoms with Crippen LogP contribution in [0, 0.1) is 23.3 Å². The van der Waals surface area contributed by atoms with Crippen LogP contribution in [0.1, 0.15) is 43.7 Å². The second kappa shape index (κ2) is 12.1. The Balaban J connectivity index is 1.81. The zero-order chi connectivity index (χ0) is 26.3. The Kier molecular flexibility index (Phi) is 9.23. The Morgan fingerprint density at radius 2 is 1.36 bits per heavy atom. The molecule has 0 saturated heterocycles. The molecule has 9 heteroatoms. The zero-order valence-electron chi connectivity index (χ0n) is 19.5.